The molecule has 1 heterocycles. The number of benzene rings is 1. The third-order valence-corrected chi connectivity index (χ3v) is 3.66. The molecule has 23 heavy (non-hydrogen) atoms. The number of anilines is 1. The molecule has 1 aromatic carbocycles. The number of nitro groups is 1. The summed E-state index contributed by atoms with van der Waals surface area (Å²) in [5, 5.41) is 10.9. The van der Waals surface area contributed by atoms with E-state index in [2.05, 4.69) is 0 Å². The van der Waals surface area contributed by atoms with Crippen LogP contribution in [0.2, 0.25) is 0 Å². The third-order valence-electron chi connectivity index (χ3n) is 3.66. The molecule has 1 atom stereocenters. The van der Waals surface area contributed by atoms with Gasteiger partial charge in [0.2, 0.25) is 5.91 Å². The number of halogens is 1. The molecule has 2 rings (SSSR count). The fourth-order valence-electron chi connectivity index (χ4n) is 2.57. The number of amides is 1. The Morgan fingerprint density at radius 3 is 2.74 bits per heavy atom. The minimum Gasteiger partial charge on any atom is -0.462 e. The van der Waals surface area contributed by atoms with Gasteiger partial charge in [-0.1, -0.05) is 0 Å². The van der Waals surface area contributed by atoms with Crippen molar-refractivity contribution >= 4 is 23.3 Å². The summed E-state index contributed by atoms with van der Waals surface area (Å²) < 4.78 is 19.2. The number of hydrogen-bond acceptors (Lipinski definition) is 6. The van der Waals surface area contributed by atoms with Crippen LogP contribution in [-0.4, -0.2) is 36.5 Å². The van der Waals surface area contributed by atoms with E-state index < -0.39 is 34.2 Å². The van der Waals surface area contributed by atoms with Gasteiger partial charge in [0.05, 0.1) is 34.8 Å². The average Bonchev–Trinajstić information content (AvgIpc) is 2.96. The Hall–Kier alpha value is -2.71. The fraction of sp³-hybridized carbons (Fsp3) is 0.429. The van der Waals surface area contributed by atoms with Crippen LogP contribution in [0.25, 0.3) is 0 Å². The lowest BCUT2D eigenvalue weighted by molar-refractivity contribution is -0.385. The van der Waals surface area contributed by atoms with Crippen LogP contribution in [0.1, 0.15) is 23.7 Å². The Morgan fingerprint density at radius 1 is 1.52 bits per heavy atom. The van der Waals surface area contributed by atoms with Crippen LogP contribution in [0.4, 0.5) is 15.8 Å². The molecule has 124 valence electrons. The van der Waals surface area contributed by atoms with Crippen molar-refractivity contribution in [1.29, 1.82) is 0 Å². The predicted octanol–water partition coefficient (Wildman–Crippen LogP) is 1.22. The van der Waals surface area contributed by atoms with Crippen LogP contribution in [0.3, 0.4) is 0 Å². The number of nitrogens with two attached hydrogens (primary N) is 1. The van der Waals surface area contributed by atoms with E-state index >= 15 is 0 Å². The van der Waals surface area contributed by atoms with Crippen LogP contribution >= 0.6 is 0 Å². The van der Waals surface area contributed by atoms with Gasteiger partial charge in [-0.25, -0.2) is 9.18 Å². The van der Waals surface area contributed by atoms with Gasteiger partial charge in [0.15, 0.2) is 5.82 Å². The van der Waals surface area contributed by atoms with E-state index in [0.717, 1.165) is 12.1 Å². The van der Waals surface area contributed by atoms with Gasteiger partial charge in [0.1, 0.15) is 0 Å². The first-order chi connectivity index (χ1) is 10.8. The first kappa shape index (κ1) is 16.7. The molecule has 0 saturated carbocycles. The maximum absolute atomic E-state index is 14.4. The monoisotopic (exact) mass is 325 g/mol. The van der Waals surface area contributed by atoms with Gasteiger partial charge in [-0.05, 0) is 13.3 Å². The molecule has 1 aliphatic heterocycles. The number of nitro benzene ring substituents is 1. The van der Waals surface area contributed by atoms with E-state index in [9.17, 15) is 24.1 Å². The second-order valence-corrected chi connectivity index (χ2v) is 5.14. The van der Waals surface area contributed by atoms with E-state index in [1.165, 1.54) is 4.90 Å². The highest BCUT2D eigenvalue weighted by atomic mass is 19.1. The zero-order valence-electron chi connectivity index (χ0n) is 12.5. The van der Waals surface area contributed by atoms with E-state index in [1.807, 2.05) is 0 Å². The number of carbonyl (C=O) groups excluding carboxylic acids is 2. The molecule has 0 spiro atoms. The Labute approximate surface area is 131 Å². The number of rotatable bonds is 5. The van der Waals surface area contributed by atoms with Gasteiger partial charge in [0.25, 0.3) is 5.69 Å². The standard InChI is InChI=1S/C14H16FN3O5/c1-2-23-14(20)10-5-9(18(21)22)6-11(15)12(10)17-4-3-8(7-17)13(16)19/h5-6,8H,2-4,7H2,1H3,(H2,16,19)/t8-/m0/s1. The van der Waals surface area contributed by atoms with Crippen molar-refractivity contribution in [2.45, 2.75) is 13.3 Å². The van der Waals surface area contributed by atoms with Gasteiger partial charge in [-0.15, -0.1) is 0 Å². The van der Waals surface area contributed by atoms with Crippen LogP contribution < -0.4 is 10.6 Å². The van der Waals surface area contributed by atoms with Crippen LogP contribution in [0.5, 0.6) is 0 Å². The lowest BCUT2D eigenvalue weighted by Gasteiger charge is -2.21. The Kier molecular flexibility index (Phi) is 4.77. The van der Waals surface area contributed by atoms with Gasteiger partial charge in [0, 0.05) is 19.2 Å². The Morgan fingerprint density at radius 2 is 2.22 bits per heavy atom. The maximum Gasteiger partial charge on any atom is 0.340 e. The lowest BCUT2D eigenvalue weighted by atomic mass is 10.1. The van der Waals surface area contributed by atoms with Crippen LogP contribution in [0, 0.1) is 21.8 Å². The number of esters is 1. The molecule has 0 unspecified atom stereocenters. The summed E-state index contributed by atoms with van der Waals surface area (Å²) in [5.74, 6) is -2.73. The molecule has 8 nitrogen and oxygen atoms in total. The predicted molar refractivity (Wildman–Crippen MR) is 78.5 cm³/mol. The van der Waals surface area contributed by atoms with Gasteiger partial charge in [-0.2, -0.15) is 0 Å². The molecule has 0 bridgehead atoms. The quantitative estimate of drug-likeness (QED) is 0.494. The van der Waals surface area contributed by atoms with E-state index in [4.69, 9.17) is 10.5 Å². The molecule has 1 aliphatic rings. The first-order valence-corrected chi connectivity index (χ1v) is 7.04. The van der Waals surface area contributed by atoms with Crippen molar-refractivity contribution in [2.75, 3.05) is 24.6 Å². The highest BCUT2D eigenvalue weighted by molar-refractivity contribution is 5.97. The smallest absolute Gasteiger partial charge is 0.340 e. The summed E-state index contributed by atoms with van der Waals surface area (Å²) in [4.78, 5) is 34.9. The molecular formula is C14H16FN3O5. The van der Waals surface area contributed by atoms with E-state index in [-0.39, 0.29) is 24.4 Å². The van der Waals surface area contributed by atoms with Crippen LogP contribution in [0.15, 0.2) is 12.1 Å². The zero-order valence-corrected chi connectivity index (χ0v) is 12.5. The SMILES string of the molecule is CCOC(=O)c1cc([N+](=O)[O-])cc(F)c1N1CC[C@H](C(N)=O)C1. The maximum atomic E-state index is 14.4. The molecule has 9 heteroatoms. The highest BCUT2D eigenvalue weighted by Gasteiger charge is 2.32. The fourth-order valence-corrected chi connectivity index (χ4v) is 2.57. The zero-order chi connectivity index (χ0) is 17.1. The van der Waals surface area contributed by atoms with Gasteiger partial charge >= 0.3 is 5.97 Å². The van der Waals surface area contributed by atoms with Gasteiger partial charge < -0.3 is 15.4 Å². The Balaban J connectivity index is 2.47. The molecule has 1 aromatic rings. The van der Waals surface area contributed by atoms with Crippen molar-refractivity contribution in [2.24, 2.45) is 11.7 Å². The topological polar surface area (TPSA) is 116 Å². The van der Waals surface area contributed by atoms with Crippen LogP contribution in [-0.2, 0) is 9.53 Å². The molecule has 2 N–H and O–H groups in total. The summed E-state index contributed by atoms with van der Waals surface area (Å²) in [5.41, 5.74) is 4.37. The lowest BCUT2D eigenvalue weighted by Crippen LogP contribution is -2.29. The number of hydrogen-bond donors (Lipinski definition) is 1. The van der Waals surface area contributed by atoms with Crippen molar-refractivity contribution in [3.63, 3.8) is 0 Å². The second-order valence-electron chi connectivity index (χ2n) is 5.14. The molecule has 0 radical (unpaired) electrons. The molecule has 1 fully saturated rings. The molecular weight excluding hydrogens is 309 g/mol. The number of primary amides is 1. The minimum atomic E-state index is -0.910. The first-order valence-electron chi connectivity index (χ1n) is 7.04. The minimum absolute atomic E-state index is 0.0481. The number of non-ortho nitro benzene ring substituents is 1. The van der Waals surface area contributed by atoms with Crippen molar-refractivity contribution < 1.29 is 23.6 Å². The number of carbonyl (C=O) groups is 2. The highest BCUT2D eigenvalue weighted by Crippen LogP contribution is 2.33. The number of ether oxygens (including phenoxy) is 1. The summed E-state index contributed by atoms with van der Waals surface area (Å²) in [6, 6.07) is 1.73. The van der Waals surface area contributed by atoms with E-state index in [1.54, 1.807) is 6.92 Å². The Bertz CT molecular complexity index is 664. The average molecular weight is 325 g/mol. The molecule has 1 amide bonds. The summed E-state index contributed by atoms with van der Waals surface area (Å²) in [6.07, 6.45) is 0.425. The largest absolute Gasteiger partial charge is 0.462 e. The second kappa shape index (κ2) is 6.59. The normalized spacial score (nSPS) is 17.1. The van der Waals surface area contributed by atoms with E-state index in [0.29, 0.717) is 13.0 Å². The molecule has 0 aliphatic carbocycles. The molecule has 0 aromatic heterocycles. The third kappa shape index (κ3) is 3.38. The van der Waals surface area contributed by atoms with Crippen molar-refractivity contribution in [3.8, 4) is 0 Å². The molecule has 1 saturated heterocycles. The number of nitrogens with zero attached hydrogens (tertiary/aromatic N) is 2. The van der Waals surface area contributed by atoms with Crippen molar-refractivity contribution in [3.05, 3.63) is 33.6 Å². The summed E-state index contributed by atoms with van der Waals surface area (Å²) >= 11 is 0. The summed E-state index contributed by atoms with van der Waals surface area (Å²) in [6.45, 7) is 2.09. The summed E-state index contributed by atoms with van der Waals surface area (Å²) in [7, 11) is 0. The van der Waals surface area contributed by atoms with Crippen molar-refractivity contribution in [1.82, 2.24) is 0 Å². The van der Waals surface area contributed by atoms with Gasteiger partial charge in [-0.3, -0.25) is 14.9 Å².